The Bertz CT molecular complexity index is 1130. The minimum absolute atomic E-state index is 0.00844. The minimum Gasteiger partial charge on any atom is -0.462 e. The van der Waals surface area contributed by atoms with Crippen molar-refractivity contribution in [2.75, 3.05) is 47.3 Å². The molecule has 1 atom stereocenters. The van der Waals surface area contributed by atoms with Crippen LogP contribution in [0.1, 0.15) is 252 Å². The number of rotatable bonds is 48. The highest BCUT2D eigenvalue weighted by molar-refractivity contribution is 5.97. The van der Waals surface area contributed by atoms with E-state index >= 15 is 0 Å². The fraction of sp³-hybridized carbons (Fsp3) is 0.889. The summed E-state index contributed by atoms with van der Waals surface area (Å²) in [5.41, 5.74) is 0.563. The molecule has 2 N–H and O–H groups in total. The van der Waals surface area contributed by atoms with Gasteiger partial charge in [0.25, 0.3) is 5.91 Å². The number of aldehydes is 1. The van der Waals surface area contributed by atoms with Gasteiger partial charge in [0.15, 0.2) is 6.29 Å². The SMILES string of the molecule is CCCCCCCCC(CC)OC(=O)CCCCCCCN(CCCCCCCC(=O)OC(CCCCCCCC)CCCCCCCC)CCCN/C(C(=O)N(C)C)=C(/C=O)NC. The molecule has 0 aliphatic rings. The third-order valence-electron chi connectivity index (χ3n) is 12.6. The largest absolute Gasteiger partial charge is 0.462 e. The summed E-state index contributed by atoms with van der Waals surface area (Å²) in [7, 11) is 5.02. The van der Waals surface area contributed by atoms with E-state index < -0.39 is 0 Å². The third kappa shape index (κ3) is 36.6. The molecule has 10 nitrogen and oxygen atoms in total. The molecule has 0 fully saturated rings. The Kier molecular flexibility index (Phi) is 43.7. The molecule has 0 heterocycles. The van der Waals surface area contributed by atoms with Crippen LogP contribution in [0.5, 0.6) is 0 Å². The van der Waals surface area contributed by atoms with E-state index in [1.807, 2.05) is 0 Å². The molecule has 0 radical (unpaired) electrons. The molecule has 64 heavy (non-hydrogen) atoms. The molecule has 0 aliphatic heterocycles. The normalized spacial score (nSPS) is 12.3. The lowest BCUT2D eigenvalue weighted by molar-refractivity contribution is -0.150. The highest BCUT2D eigenvalue weighted by atomic mass is 16.5. The number of carbonyl (C=O) groups excluding carboxylic acids is 4. The number of nitrogens with one attached hydrogen (secondary N) is 2. The lowest BCUT2D eigenvalue weighted by Gasteiger charge is -2.23. The van der Waals surface area contributed by atoms with Crippen molar-refractivity contribution in [3.05, 3.63) is 11.4 Å². The molecule has 0 spiro atoms. The van der Waals surface area contributed by atoms with Crippen LogP contribution < -0.4 is 10.6 Å². The number of ether oxygens (including phenoxy) is 2. The van der Waals surface area contributed by atoms with Crippen LogP contribution in [0.3, 0.4) is 0 Å². The van der Waals surface area contributed by atoms with Gasteiger partial charge in [-0.2, -0.15) is 0 Å². The maximum absolute atomic E-state index is 12.9. The van der Waals surface area contributed by atoms with Gasteiger partial charge in [0.2, 0.25) is 0 Å². The quantitative estimate of drug-likeness (QED) is 0.0266. The van der Waals surface area contributed by atoms with Crippen LogP contribution in [0.25, 0.3) is 0 Å². The van der Waals surface area contributed by atoms with Crippen molar-refractivity contribution in [1.82, 2.24) is 20.4 Å². The number of hydrogen-bond acceptors (Lipinski definition) is 9. The molecule has 0 aliphatic carbocycles. The number of esters is 2. The molecule has 1 unspecified atom stereocenters. The second kappa shape index (κ2) is 45.5. The summed E-state index contributed by atoms with van der Waals surface area (Å²) in [6.07, 6.45) is 39.9. The number of carbonyl (C=O) groups is 4. The van der Waals surface area contributed by atoms with Crippen LogP contribution in [0.2, 0.25) is 0 Å². The number of likely N-dealkylation sites (N-methyl/N-ethyl adjacent to an activating group) is 2. The van der Waals surface area contributed by atoms with E-state index in [1.54, 1.807) is 21.1 Å². The molecule has 10 heteroatoms. The predicted molar refractivity (Wildman–Crippen MR) is 269 cm³/mol. The fourth-order valence-electron chi connectivity index (χ4n) is 8.43. The summed E-state index contributed by atoms with van der Waals surface area (Å²) in [6, 6.07) is 0. The van der Waals surface area contributed by atoms with E-state index in [9.17, 15) is 19.2 Å². The molecule has 0 aromatic heterocycles. The zero-order valence-corrected chi connectivity index (χ0v) is 43.2. The van der Waals surface area contributed by atoms with Crippen LogP contribution in [0, 0.1) is 0 Å². The van der Waals surface area contributed by atoms with Crippen LogP contribution in [-0.4, -0.2) is 93.5 Å². The second-order valence-electron chi connectivity index (χ2n) is 18.8. The Morgan fingerprint density at radius 2 is 0.875 bits per heavy atom. The number of hydrogen-bond donors (Lipinski definition) is 2. The van der Waals surface area contributed by atoms with Gasteiger partial charge in [0.05, 0.1) is 0 Å². The lowest BCUT2D eigenvalue weighted by Crippen LogP contribution is -2.36. The predicted octanol–water partition coefficient (Wildman–Crippen LogP) is 13.2. The maximum atomic E-state index is 12.9. The molecule has 0 bridgehead atoms. The van der Waals surface area contributed by atoms with Crippen LogP contribution >= 0.6 is 0 Å². The monoisotopic (exact) mass is 905 g/mol. The highest BCUT2D eigenvalue weighted by Crippen LogP contribution is 2.19. The van der Waals surface area contributed by atoms with E-state index in [1.165, 1.54) is 101 Å². The van der Waals surface area contributed by atoms with Crippen LogP contribution in [0.4, 0.5) is 0 Å². The average Bonchev–Trinajstić information content (AvgIpc) is 3.28. The molecule has 376 valence electrons. The van der Waals surface area contributed by atoms with Gasteiger partial charge in [0, 0.05) is 40.5 Å². The Labute approximate surface area is 395 Å². The molecule has 0 aromatic rings. The first-order chi connectivity index (χ1) is 31.2. The van der Waals surface area contributed by atoms with Gasteiger partial charge >= 0.3 is 11.9 Å². The van der Waals surface area contributed by atoms with Gasteiger partial charge in [-0.05, 0) is 96.7 Å². The minimum atomic E-state index is -0.227. The van der Waals surface area contributed by atoms with Crippen molar-refractivity contribution < 1.29 is 28.7 Å². The summed E-state index contributed by atoms with van der Waals surface area (Å²) < 4.78 is 11.9. The molecular formula is C54H104N4O6. The van der Waals surface area contributed by atoms with E-state index in [0.29, 0.717) is 31.4 Å². The molecular weight excluding hydrogens is 801 g/mol. The zero-order chi connectivity index (χ0) is 47.3. The lowest BCUT2D eigenvalue weighted by atomic mass is 10.0. The van der Waals surface area contributed by atoms with E-state index in [4.69, 9.17) is 9.47 Å². The number of nitrogens with zero attached hydrogens (tertiary/aromatic N) is 2. The van der Waals surface area contributed by atoms with Crippen molar-refractivity contribution in [2.24, 2.45) is 0 Å². The first kappa shape index (κ1) is 61.4. The summed E-state index contributed by atoms with van der Waals surface area (Å²) in [6.45, 7) is 12.4. The Balaban J connectivity index is 4.86. The third-order valence-corrected chi connectivity index (χ3v) is 12.6. The number of amides is 1. The van der Waals surface area contributed by atoms with Gasteiger partial charge in [0.1, 0.15) is 23.6 Å². The molecule has 0 aromatic carbocycles. The van der Waals surface area contributed by atoms with Crippen molar-refractivity contribution in [3.63, 3.8) is 0 Å². The zero-order valence-electron chi connectivity index (χ0n) is 43.2. The summed E-state index contributed by atoms with van der Waals surface area (Å²) in [5, 5.41) is 6.08. The Morgan fingerprint density at radius 1 is 0.500 bits per heavy atom. The van der Waals surface area contributed by atoms with Gasteiger partial charge in [-0.25, -0.2) is 0 Å². The van der Waals surface area contributed by atoms with Crippen molar-refractivity contribution >= 4 is 24.1 Å². The average molecular weight is 905 g/mol. The molecule has 1 amide bonds. The van der Waals surface area contributed by atoms with Gasteiger partial charge in [-0.3, -0.25) is 19.2 Å². The first-order valence-electron chi connectivity index (χ1n) is 27.1. The molecule has 0 saturated heterocycles. The maximum Gasteiger partial charge on any atom is 0.306 e. The fourth-order valence-corrected chi connectivity index (χ4v) is 8.43. The second-order valence-corrected chi connectivity index (χ2v) is 18.8. The van der Waals surface area contributed by atoms with Gasteiger partial charge in [-0.1, -0.05) is 163 Å². The summed E-state index contributed by atoms with van der Waals surface area (Å²) in [5.74, 6) is -0.274. The van der Waals surface area contributed by atoms with Gasteiger partial charge < -0.3 is 29.9 Å². The Morgan fingerprint density at radius 3 is 1.28 bits per heavy atom. The molecule has 0 rings (SSSR count). The number of unbranched alkanes of at least 4 members (excludes halogenated alkanes) is 23. The molecule has 0 saturated carbocycles. The topological polar surface area (TPSA) is 117 Å². The van der Waals surface area contributed by atoms with Crippen LogP contribution in [-0.2, 0) is 28.7 Å². The van der Waals surface area contributed by atoms with Crippen molar-refractivity contribution in [1.29, 1.82) is 0 Å². The van der Waals surface area contributed by atoms with Gasteiger partial charge in [-0.15, -0.1) is 0 Å². The highest BCUT2D eigenvalue weighted by Gasteiger charge is 2.18. The summed E-state index contributed by atoms with van der Waals surface area (Å²) >= 11 is 0. The summed E-state index contributed by atoms with van der Waals surface area (Å²) in [4.78, 5) is 53.9. The van der Waals surface area contributed by atoms with Crippen molar-refractivity contribution in [3.8, 4) is 0 Å². The van der Waals surface area contributed by atoms with E-state index in [-0.39, 0.29) is 35.8 Å². The standard InChI is InChI=1S/C54H104N4O6/c1-8-12-15-18-23-30-38-48(11-4)63-51(60)41-33-26-21-28-35-44-58(46-37-43-56-53(50(47-59)55-5)54(62)57(6)7)45-36-29-22-27-34-42-52(61)64-49(39-31-24-19-16-13-9-2)40-32-25-20-17-14-10-3/h47-49,55-56H,8-46H2,1-7H3/b53-50-. The Hall–Kier alpha value is -2.62. The van der Waals surface area contributed by atoms with E-state index in [0.717, 1.165) is 135 Å². The van der Waals surface area contributed by atoms with Crippen LogP contribution in [0.15, 0.2) is 11.4 Å². The smallest absolute Gasteiger partial charge is 0.306 e. The first-order valence-corrected chi connectivity index (χ1v) is 27.1. The van der Waals surface area contributed by atoms with E-state index in [2.05, 4.69) is 43.2 Å². The number of allylic oxidation sites excluding steroid dienone is 1. The van der Waals surface area contributed by atoms with Crippen molar-refractivity contribution in [2.45, 2.75) is 265 Å².